The van der Waals surface area contributed by atoms with Crippen molar-refractivity contribution < 1.29 is 9.53 Å². The van der Waals surface area contributed by atoms with Crippen LogP contribution in [0.5, 0.6) is 5.75 Å². The Labute approximate surface area is 449 Å². The number of carbonyl (C=O) groups is 1. The summed E-state index contributed by atoms with van der Waals surface area (Å²) in [6, 6.07) is 46.7. The van der Waals surface area contributed by atoms with Crippen LogP contribution in [0.3, 0.4) is 0 Å². The number of H-pyrrole nitrogens is 5. The third-order valence-corrected chi connectivity index (χ3v) is 14.7. The molecule has 2 saturated heterocycles. The van der Waals surface area contributed by atoms with E-state index >= 15 is 0 Å². The van der Waals surface area contributed by atoms with E-state index in [0.29, 0.717) is 5.56 Å². The van der Waals surface area contributed by atoms with Gasteiger partial charge in [0.2, 0.25) is 5.91 Å². The number of likely N-dealkylation sites (tertiary alicyclic amines) is 2. The minimum Gasteiger partial charge on any atom is -0.497 e. The first-order valence-electron chi connectivity index (χ1n) is 26.4. The fourth-order valence-electron chi connectivity index (χ4n) is 10.3. The number of nitrogens with two attached hydrogens (primary N) is 1. The molecule has 12 aromatic rings. The number of hydrogen-bond donors (Lipinski definition) is 6. The van der Waals surface area contributed by atoms with Crippen LogP contribution in [-0.2, 0) is 13.1 Å². The summed E-state index contributed by atoms with van der Waals surface area (Å²) < 4.78 is 5.34. The molecule has 14 rings (SSSR count). The molecule has 78 heavy (non-hydrogen) atoms. The summed E-state index contributed by atoms with van der Waals surface area (Å²) in [5.74, 6) is 3.73. The van der Waals surface area contributed by atoms with E-state index in [4.69, 9.17) is 20.4 Å². The topological polar surface area (TPSA) is 228 Å². The lowest BCUT2D eigenvalue weighted by Gasteiger charge is -2.11. The predicted molar refractivity (Wildman–Crippen MR) is 306 cm³/mol. The minimum atomic E-state index is -0.432. The van der Waals surface area contributed by atoms with Crippen LogP contribution in [0.1, 0.15) is 58.8 Å². The Morgan fingerprint density at radius 1 is 0.474 bits per heavy atom. The Bertz CT molecular complexity index is 4060. The molecule has 0 unspecified atom stereocenters. The van der Waals surface area contributed by atoms with Gasteiger partial charge in [-0.05, 0) is 149 Å². The van der Waals surface area contributed by atoms with E-state index in [2.05, 4.69) is 128 Å². The van der Waals surface area contributed by atoms with Gasteiger partial charge in [-0.3, -0.25) is 40.1 Å². The van der Waals surface area contributed by atoms with Crippen LogP contribution in [0.15, 0.2) is 140 Å². The molecule has 17 nitrogen and oxygen atoms in total. The first kappa shape index (κ1) is 49.6. The van der Waals surface area contributed by atoms with Crippen molar-refractivity contribution in [2.75, 3.05) is 33.3 Å². The van der Waals surface area contributed by atoms with Gasteiger partial charge in [-0.1, -0.05) is 77.9 Å². The summed E-state index contributed by atoms with van der Waals surface area (Å²) >= 11 is 0. The van der Waals surface area contributed by atoms with Gasteiger partial charge >= 0.3 is 0 Å². The minimum absolute atomic E-state index is 0.432. The maximum absolute atomic E-state index is 11.3. The maximum Gasteiger partial charge on any atom is 0.248 e. The van der Waals surface area contributed by atoms with Crippen molar-refractivity contribution in [3.63, 3.8) is 0 Å². The second-order valence-electron chi connectivity index (χ2n) is 20.2. The van der Waals surface area contributed by atoms with E-state index in [-0.39, 0.29) is 0 Å². The number of primary amides is 1. The molecular weight excluding hydrogens is 975 g/mol. The highest BCUT2D eigenvalue weighted by molar-refractivity contribution is 6.01. The van der Waals surface area contributed by atoms with Gasteiger partial charge in [0.15, 0.2) is 11.6 Å². The second-order valence-corrected chi connectivity index (χ2v) is 20.2. The molecular formula is C61H59N15O2. The van der Waals surface area contributed by atoms with Crippen molar-refractivity contribution in [3.05, 3.63) is 168 Å². The molecule has 0 spiro atoms. The zero-order valence-corrected chi connectivity index (χ0v) is 43.8. The molecule has 1 amide bonds. The quantitative estimate of drug-likeness (QED) is 0.0714. The molecule has 7 N–H and O–H groups in total. The van der Waals surface area contributed by atoms with Crippen LogP contribution in [0.2, 0.25) is 0 Å². The number of hydrogen-bond acceptors (Lipinski definition) is 11. The number of nitrogens with zero attached hydrogens (tertiary/aromatic N) is 9. The molecule has 5 aromatic heterocycles. The van der Waals surface area contributed by atoms with Crippen molar-refractivity contribution in [3.8, 4) is 62.3 Å². The fourth-order valence-corrected chi connectivity index (χ4v) is 10.3. The Morgan fingerprint density at radius 3 is 1.38 bits per heavy atom. The van der Waals surface area contributed by atoms with Crippen molar-refractivity contribution in [2.45, 2.75) is 52.6 Å². The number of ether oxygens (including phenoxy) is 1. The molecule has 390 valence electrons. The lowest BCUT2D eigenvalue weighted by atomic mass is 10.0. The van der Waals surface area contributed by atoms with Gasteiger partial charge in [-0.15, -0.1) is 0 Å². The highest BCUT2D eigenvalue weighted by Gasteiger charge is 2.19. The van der Waals surface area contributed by atoms with Gasteiger partial charge in [0.25, 0.3) is 0 Å². The summed E-state index contributed by atoms with van der Waals surface area (Å²) in [5, 5.41) is 43.2. The largest absolute Gasteiger partial charge is 0.497 e. The summed E-state index contributed by atoms with van der Waals surface area (Å²) in [7, 11) is 1.69. The fraction of sp³-hybridized carbons (Fsp3) is 0.213. The predicted octanol–water partition coefficient (Wildman–Crippen LogP) is 11.3. The van der Waals surface area contributed by atoms with Gasteiger partial charge in [0.05, 0.1) is 53.8 Å². The first-order chi connectivity index (χ1) is 38.2. The number of amides is 1. The Morgan fingerprint density at radius 2 is 0.897 bits per heavy atom. The number of aromatic amines is 5. The van der Waals surface area contributed by atoms with Crippen LogP contribution in [0, 0.1) is 13.8 Å². The van der Waals surface area contributed by atoms with Crippen molar-refractivity contribution in [1.29, 1.82) is 0 Å². The average Bonchev–Trinajstić information content (AvgIpc) is 4.44. The number of nitrogens with one attached hydrogen (secondary N) is 5. The molecule has 2 aliphatic rings. The van der Waals surface area contributed by atoms with Gasteiger partial charge in [-0.25, -0.2) is 9.97 Å². The SMILES string of the molecule is COc1ccc2cc(-c3n[nH]c4ccc(-c5n[nH]c(CN6CCCC6)n5)cc34)ccc2c1.Cc1ccc(-c2n[nH]c3ccc(-c4n[nH]c(CN5CCCC5)n4)cc23)cc1.Cc1ccc(-c2n[nH]c3ccc(C(N)=O)cc23)cc1. The van der Waals surface area contributed by atoms with Crippen LogP contribution < -0.4 is 10.5 Å². The Kier molecular flexibility index (Phi) is 13.8. The number of methoxy groups -OCH3 is 1. The number of benzene rings is 7. The standard InChI is InChI=1S/C25H24N6O.C21H22N6.C15H13N3O/c1-32-20-8-6-16-12-18(5-4-17(16)13-20)24-21-14-19(7-9-22(21)27-29-24)25-26-23(28-30-25)15-31-10-2-3-11-31;1-14-4-6-15(7-5-14)20-17-12-16(8-9-18(17)23-25-20)21-22-19(24-26-21)13-27-10-2-3-11-27;1-9-2-4-10(5-3-9)14-12-8-11(15(16)19)6-7-13(12)17-18-14/h4-9,12-14H,2-3,10-11,15H2,1H3,(H,27,29)(H,26,28,30);4-9,12H,2-3,10-11,13H2,1H3,(H,23,25)(H,22,24,26);2-8H,1H3,(H2,16,19)(H,17,18). The van der Waals surface area contributed by atoms with Crippen LogP contribution in [-0.4, -0.2) is 110 Å². The summed E-state index contributed by atoms with van der Waals surface area (Å²) in [4.78, 5) is 25.5. The molecule has 0 bridgehead atoms. The Balaban J connectivity index is 0.000000121. The van der Waals surface area contributed by atoms with E-state index in [1.54, 1.807) is 19.2 Å². The van der Waals surface area contributed by atoms with E-state index in [1.807, 2.05) is 73.7 Å². The Hall–Kier alpha value is -9.32. The smallest absolute Gasteiger partial charge is 0.248 e. The number of rotatable bonds is 11. The normalized spacial score (nSPS) is 13.8. The zero-order valence-electron chi connectivity index (χ0n) is 43.8. The molecule has 2 aliphatic heterocycles. The molecule has 0 radical (unpaired) electrons. The van der Waals surface area contributed by atoms with Crippen LogP contribution in [0.4, 0.5) is 0 Å². The first-order valence-corrected chi connectivity index (χ1v) is 26.4. The third-order valence-electron chi connectivity index (χ3n) is 14.7. The second kappa shape index (κ2) is 21.7. The third kappa shape index (κ3) is 10.6. The number of carbonyl (C=O) groups excluding carboxylic acids is 1. The number of fused-ring (bicyclic) bond motifs is 4. The van der Waals surface area contributed by atoms with Gasteiger partial charge in [0.1, 0.15) is 17.4 Å². The molecule has 7 heterocycles. The van der Waals surface area contributed by atoms with Crippen molar-refractivity contribution in [1.82, 2.24) is 70.8 Å². The highest BCUT2D eigenvalue weighted by atomic mass is 16.5. The van der Waals surface area contributed by atoms with Gasteiger partial charge in [0, 0.05) is 49.5 Å². The average molecular weight is 1030 g/mol. The highest BCUT2D eigenvalue weighted by Crippen LogP contribution is 2.34. The monoisotopic (exact) mass is 1030 g/mol. The van der Waals surface area contributed by atoms with Crippen molar-refractivity contribution >= 4 is 49.4 Å². The van der Waals surface area contributed by atoms with E-state index < -0.39 is 5.91 Å². The molecule has 0 aliphatic carbocycles. The van der Waals surface area contributed by atoms with Crippen LogP contribution in [0.25, 0.3) is 100 Å². The number of aryl methyl sites for hydroxylation is 2. The molecule has 0 saturated carbocycles. The molecule has 7 aromatic carbocycles. The van der Waals surface area contributed by atoms with E-state index in [0.717, 1.165) is 157 Å². The van der Waals surface area contributed by atoms with Gasteiger partial charge < -0.3 is 10.5 Å². The van der Waals surface area contributed by atoms with Crippen LogP contribution >= 0.6 is 0 Å². The molecule has 2 fully saturated rings. The summed E-state index contributed by atoms with van der Waals surface area (Å²) in [6.45, 7) is 10.4. The number of aromatic nitrogens is 12. The molecule has 0 atom stereocenters. The van der Waals surface area contributed by atoms with E-state index in [1.165, 1.54) is 36.8 Å². The summed E-state index contributed by atoms with van der Waals surface area (Å²) in [6.07, 6.45) is 5.09. The van der Waals surface area contributed by atoms with E-state index in [9.17, 15) is 4.79 Å². The maximum atomic E-state index is 11.3. The van der Waals surface area contributed by atoms with Crippen molar-refractivity contribution in [2.24, 2.45) is 5.73 Å². The lowest BCUT2D eigenvalue weighted by molar-refractivity contribution is 0.100. The zero-order chi connectivity index (χ0) is 53.1. The van der Waals surface area contributed by atoms with Gasteiger partial charge in [-0.2, -0.15) is 25.5 Å². The lowest BCUT2D eigenvalue weighted by Crippen LogP contribution is -2.19. The summed E-state index contributed by atoms with van der Waals surface area (Å²) in [5.41, 5.74) is 19.0. The molecule has 17 heteroatoms.